The van der Waals surface area contributed by atoms with Gasteiger partial charge in [0.1, 0.15) is 0 Å². The van der Waals surface area contributed by atoms with E-state index in [9.17, 15) is 0 Å². The van der Waals surface area contributed by atoms with Crippen LogP contribution in [-0.2, 0) is 0 Å². The Balaban J connectivity index is 2.06. The average molecular weight is 272 g/mol. The lowest BCUT2D eigenvalue weighted by Crippen LogP contribution is -2.36. The van der Waals surface area contributed by atoms with Crippen molar-refractivity contribution in [2.75, 3.05) is 11.4 Å². The third-order valence-corrected chi connectivity index (χ3v) is 4.34. The van der Waals surface area contributed by atoms with Crippen LogP contribution in [0, 0.1) is 0 Å². The third kappa shape index (κ3) is 2.34. The second-order valence-electron chi connectivity index (χ2n) is 4.68. The molecule has 2 N–H and O–H groups in total. The summed E-state index contributed by atoms with van der Waals surface area (Å²) in [5.41, 5.74) is 4.73. The molecule has 0 spiro atoms. The minimum Gasteiger partial charge on any atom is -0.338 e. The number of para-hydroxylation sites is 2. The van der Waals surface area contributed by atoms with E-state index in [1.54, 1.807) is 11.8 Å². The van der Waals surface area contributed by atoms with Crippen molar-refractivity contribution in [1.82, 2.24) is 5.48 Å². The summed E-state index contributed by atoms with van der Waals surface area (Å²) in [4.78, 5) is 4.77. The number of nitrogens with zero attached hydrogens (tertiary/aromatic N) is 1. The van der Waals surface area contributed by atoms with E-state index < -0.39 is 0 Å². The molecule has 1 atom stereocenters. The van der Waals surface area contributed by atoms with Crippen LogP contribution >= 0.6 is 11.8 Å². The van der Waals surface area contributed by atoms with Gasteiger partial charge in [-0.15, -0.1) is 0 Å². The minimum absolute atomic E-state index is 0.00390. The molecule has 1 aliphatic rings. The number of hydrogen-bond acceptors (Lipinski definition) is 4. The molecule has 0 aromatic heterocycles. The van der Waals surface area contributed by atoms with Crippen LogP contribution in [0.2, 0.25) is 0 Å². The smallest absolute Gasteiger partial charge is 0.0553 e. The van der Waals surface area contributed by atoms with E-state index in [4.69, 9.17) is 5.21 Å². The minimum atomic E-state index is 0.00390. The Morgan fingerprint density at radius 2 is 1.58 bits per heavy atom. The van der Waals surface area contributed by atoms with Gasteiger partial charge < -0.3 is 10.1 Å². The molecule has 0 aliphatic carbocycles. The van der Waals surface area contributed by atoms with Crippen LogP contribution in [-0.4, -0.2) is 17.8 Å². The molecule has 2 aromatic rings. The zero-order valence-corrected chi connectivity index (χ0v) is 11.5. The monoisotopic (exact) mass is 272 g/mol. The van der Waals surface area contributed by atoms with Gasteiger partial charge in [-0.05, 0) is 31.2 Å². The Labute approximate surface area is 117 Å². The van der Waals surface area contributed by atoms with Crippen LogP contribution in [0.1, 0.15) is 6.92 Å². The van der Waals surface area contributed by atoms with Crippen LogP contribution in [0.4, 0.5) is 11.4 Å². The van der Waals surface area contributed by atoms with E-state index >= 15 is 0 Å². The SMILES string of the molecule is CC(CN1c2ccccc2Sc2ccccc21)NO. The summed E-state index contributed by atoms with van der Waals surface area (Å²) in [6, 6.07) is 16.8. The van der Waals surface area contributed by atoms with Crippen LogP contribution in [0.15, 0.2) is 58.3 Å². The first-order chi connectivity index (χ1) is 9.29. The normalized spacial score (nSPS) is 14.7. The molecule has 1 unspecified atom stereocenters. The average Bonchev–Trinajstić information content (AvgIpc) is 2.46. The highest BCUT2D eigenvalue weighted by Crippen LogP contribution is 2.47. The van der Waals surface area contributed by atoms with E-state index in [1.807, 2.05) is 6.92 Å². The Morgan fingerprint density at radius 3 is 2.11 bits per heavy atom. The Kier molecular flexibility index (Phi) is 3.46. The van der Waals surface area contributed by atoms with Gasteiger partial charge in [-0.25, -0.2) is 5.48 Å². The lowest BCUT2D eigenvalue weighted by atomic mass is 10.2. The van der Waals surface area contributed by atoms with Gasteiger partial charge in [-0.1, -0.05) is 36.0 Å². The van der Waals surface area contributed by atoms with Crippen LogP contribution in [0.5, 0.6) is 0 Å². The molecule has 3 nitrogen and oxygen atoms in total. The van der Waals surface area contributed by atoms with Crippen molar-refractivity contribution in [1.29, 1.82) is 0 Å². The van der Waals surface area contributed by atoms with E-state index in [-0.39, 0.29) is 6.04 Å². The molecule has 0 amide bonds. The van der Waals surface area contributed by atoms with Crippen LogP contribution in [0.3, 0.4) is 0 Å². The molecular formula is C15H16N2OS. The fraction of sp³-hybridized carbons (Fsp3) is 0.200. The number of hydrogen-bond donors (Lipinski definition) is 2. The Morgan fingerprint density at radius 1 is 1.05 bits per heavy atom. The van der Waals surface area contributed by atoms with Crippen molar-refractivity contribution in [3.05, 3.63) is 48.5 Å². The Bertz CT molecular complexity index is 542. The van der Waals surface area contributed by atoms with Gasteiger partial charge in [0.2, 0.25) is 0 Å². The first-order valence-electron chi connectivity index (χ1n) is 6.32. The van der Waals surface area contributed by atoms with E-state index in [0.717, 1.165) is 6.54 Å². The molecule has 1 heterocycles. The van der Waals surface area contributed by atoms with Gasteiger partial charge in [0.15, 0.2) is 0 Å². The van der Waals surface area contributed by atoms with Crippen LogP contribution in [0.25, 0.3) is 0 Å². The molecule has 0 fully saturated rings. The topological polar surface area (TPSA) is 35.5 Å². The molecule has 98 valence electrons. The molecule has 19 heavy (non-hydrogen) atoms. The fourth-order valence-electron chi connectivity index (χ4n) is 2.29. The van der Waals surface area contributed by atoms with Gasteiger partial charge in [0.05, 0.1) is 11.4 Å². The van der Waals surface area contributed by atoms with Crippen molar-refractivity contribution in [3.63, 3.8) is 0 Å². The third-order valence-electron chi connectivity index (χ3n) is 3.21. The standard InChI is InChI=1S/C15H16N2OS/c1-11(16-18)10-17-12-6-2-4-8-14(12)19-15-9-5-3-7-13(15)17/h2-9,11,16,18H,10H2,1H3. The summed E-state index contributed by atoms with van der Waals surface area (Å²) >= 11 is 1.80. The quantitative estimate of drug-likeness (QED) is 0.836. The van der Waals surface area contributed by atoms with E-state index in [0.29, 0.717) is 0 Å². The molecule has 2 aromatic carbocycles. The summed E-state index contributed by atoms with van der Waals surface area (Å²) in [7, 11) is 0. The summed E-state index contributed by atoms with van der Waals surface area (Å²) < 4.78 is 0. The molecule has 0 saturated carbocycles. The van der Waals surface area contributed by atoms with Gasteiger partial charge in [0.25, 0.3) is 0 Å². The van der Waals surface area contributed by atoms with Crippen molar-refractivity contribution < 1.29 is 5.21 Å². The number of nitrogens with one attached hydrogen (secondary N) is 1. The van der Waals surface area contributed by atoms with E-state index in [2.05, 4.69) is 58.9 Å². The molecule has 4 heteroatoms. The summed E-state index contributed by atoms with van der Waals surface area (Å²) in [6.45, 7) is 2.69. The second-order valence-corrected chi connectivity index (χ2v) is 5.76. The summed E-state index contributed by atoms with van der Waals surface area (Å²) in [5.74, 6) is 0. The maximum absolute atomic E-state index is 9.08. The maximum atomic E-state index is 9.08. The predicted molar refractivity (Wildman–Crippen MR) is 78.4 cm³/mol. The first kappa shape index (κ1) is 12.5. The fourth-order valence-corrected chi connectivity index (χ4v) is 3.39. The predicted octanol–water partition coefficient (Wildman–Crippen LogP) is 3.66. The maximum Gasteiger partial charge on any atom is 0.0553 e. The number of benzene rings is 2. The number of rotatable bonds is 3. The highest BCUT2D eigenvalue weighted by molar-refractivity contribution is 7.99. The van der Waals surface area contributed by atoms with Gasteiger partial charge >= 0.3 is 0 Å². The highest BCUT2D eigenvalue weighted by Gasteiger charge is 2.23. The summed E-state index contributed by atoms with van der Waals surface area (Å²) in [5, 5.41) is 9.08. The lowest BCUT2D eigenvalue weighted by Gasteiger charge is -2.34. The van der Waals surface area contributed by atoms with Gasteiger partial charge in [-0.3, -0.25) is 0 Å². The molecular weight excluding hydrogens is 256 g/mol. The summed E-state index contributed by atoms with van der Waals surface area (Å²) in [6.07, 6.45) is 0. The first-order valence-corrected chi connectivity index (χ1v) is 7.14. The lowest BCUT2D eigenvalue weighted by molar-refractivity contribution is 0.135. The molecule has 0 radical (unpaired) electrons. The number of hydroxylamine groups is 1. The number of anilines is 2. The zero-order valence-electron chi connectivity index (χ0n) is 10.7. The van der Waals surface area contributed by atoms with Gasteiger partial charge in [0, 0.05) is 22.4 Å². The second kappa shape index (κ2) is 5.25. The van der Waals surface area contributed by atoms with Gasteiger partial charge in [-0.2, -0.15) is 0 Å². The van der Waals surface area contributed by atoms with Crippen molar-refractivity contribution in [3.8, 4) is 0 Å². The van der Waals surface area contributed by atoms with Crippen molar-refractivity contribution in [2.45, 2.75) is 22.8 Å². The van der Waals surface area contributed by atoms with Crippen LogP contribution < -0.4 is 10.4 Å². The van der Waals surface area contributed by atoms with Crippen molar-refractivity contribution in [2.24, 2.45) is 0 Å². The zero-order chi connectivity index (χ0) is 13.2. The largest absolute Gasteiger partial charge is 0.338 e. The highest BCUT2D eigenvalue weighted by atomic mass is 32.2. The Hall–Kier alpha value is -1.49. The molecule has 0 saturated heterocycles. The molecule has 1 aliphatic heterocycles. The van der Waals surface area contributed by atoms with Crippen molar-refractivity contribution >= 4 is 23.1 Å². The molecule has 3 rings (SSSR count). The number of fused-ring (bicyclic) bond motifs is 2. The van der Waals surface area contributed by atoms with E-state index in [1.165, 1.54) is 21.2 Å². The molecule has 0 bridgehead atoms.